The van der Waals surface area contributed by atoms with Crippen LogP contribution in [0.25, 0.3) is 0 Å². The second kappa shape index (κ2) is 8.63. The van der Waals surface area contributed by atoms with Gasteiger partial charge in [0.1, 0.15) is 16.7 Å². The molecule has 5 nitrogen and oxygen atoms in total. The van der Waals surface area contributed by atoms with Crippen LogP contribution in [0, 0.1) is 6.92 Å². The first-order valence-electron chi connectivity index (χ1n) is 8.84. The van der Waals surface area contributed by atoms with Gasteiger partial charge in [0.2, 0.25) is 10.0 Å². The summed E-state index contributed by atoms with van der Waals surface area (Å²) in [6.45, 7) is 3.54. The molecule has 0 spiro atoms. The Bertz CT molecular complexity index is 1060. The summed E-state index contributed by atoms with van der Waals surface area (Å²) in [7, 11) is -3.54. The second-order valence-electron chi connectivity index (χ2n) is 6.22. The molecule has 0 aliphatic rings. The number of hydrogen-bond acceptors (Lipinski definition) is 4. The van der Waals surface area contributed by atoms with Crippen molar-refractivity contribution in [3.63, 3.8) is 0 Å². The Kier molecular flexibility index (Phi) is 6.21. The third-order valence-corrected chi connectivity index (χ3v) is 6.23. The Morgan fingerprint density at radius 1 is 1.00 bits per heavy atom. The van der Waals surface area contributed by atoms with E-state index in [2.05, 4.69) is 4.98 Å². The van der Waals surface area contributed by atoms with E-state index in [0.717, 1.165) is 5.69 Å². The van der Waals surface area contributed by atoms with E-state index < -0.39 is 10.0 Å². The molecule has 146 valence electrons. The number of halogens is 1. The highest BCUT2D eigenvalue weighted by Crippen LogP contribution is 2.29. The molecule has 3 aromatic rings. The van der Waals surface area contributed by atoms with Crippen LogP contribution in [0.2, 0.25) is 5.15 Å². The van der Waals surface area contributed by atoms with Crippen molar-refractivity contribution in [3.05, 3.63) is 83.1 Å². The first-order valence-corrected chi connectivity index (χ1v) is 10.8. The van der Waals surface area contributed by atoms with Gasteiger partial charge in [0, 0.05) is 17.3 Å². The Balaban J connectivity index is 1.95. The molecule has 0 unspecified atom stereocenters. The van der Waals surface area contributed by atoms with Crippen LogP contribution >= 0.6 is 11.6 Å². The van der Waals surface area contributed by atoms with Gasteiger partial charge in [-0.1, -0.05) is 41.9 Å². The van der Waals surface area contributed by atoms with Crippen LogP contribution in [0.5, 0.6) is 11.5 Å². The summed E-state index contributed by atoms with van der Waals surface area (Å²) in [4.78, 5) is 4.22. The standard InChI is InChI=1S/C21H21ClN2O3S/c1-3-28(25,26)24(15-17-13-12-16(2)23-21(17)22)18-8-7-11-20(14-18)27-19-9-5-4-6-10-19/h4-14H,3,15H2,1-2H3. The highest BCUT2D eigenvalue weighted by molar-refractivity contribution is 7.92. The molecule has 0 aliphatic heterocycles. The van der Waals surface area contributed by atoms with Crippen molar-refractivity contribution in [1.29, 1.82) is 0 Å². The number of pyridine rings is 1. The topological polar surface area (TPSA) is 59.5 Å². The van der Waals surface area contributed by atoms with Gasteiger partial charge in [-0.25, -0.2) is 13.4 Å². The van der Waals surface area contributed by atoms with Gasteiger partial charge in [0.25, 0.3) is 0 Å². The average Bonchev–Trinajstić information content (AvgIpc) is 2.68. The SMILES string of the molecule is CCS(=O)(=O)N(Cc1ccc(C)nc1Cl)c1cccc(Oc2ccccc2)c1. The van der Waals surface area contributed by atoms with Gasteiger partial charge in [0.05, 0.1) is 18.0 Å². The highest BCUT2D eigenvalue weighted by atomic mass is 35.5. The Morgan fingerprint density at radius 3 is 2.39 bits per heavy atom. The zero-order valence-corrected chi connectivity index (χ0v) is 17.2. The maximum atomic E-state index is 12.8. The van der Waals surface area contributed by atoms with Crippen molar-refractivity contribution < 1.29 is 13.2 Å². The number of para-hydroxylation sites is 1. The molecule has 0 radical (unpaired) electrons. The third kappa shape index (κ3) is 4.82. The van der Waals surface area contributed by atoms with Gasteiger partial charge in [-0.2, -0.15) is 0 Å². The van der Waals surface area contributed by atoms with E-state index in [1.807, 2.05) is 43.3 Å². The van der Waals surface area contributed by atoms with E-state index in [1.54, 1.807) is 37.3 Å². The summed E-state index contributed by atoms with van der Waals surface area (Å²) in [5, 5.41) is 0.299. The van der Waals surface area contributed by atoms with Crippen molar-refractivity contribution in [3.8, 4) is 11.5 Å². The van der Waals surface area contributed by atoms with Crippen LogP contribution in [0.4, 0.5) is 5.69 Å². The predicted octanol–water partition coefficient (Wildman–Crippen LogP) is 5.19. The summed E-state index contributed by atoms with van der Waals surface area (Å²) in [5.74, 6) is 1.19. The molecule has 0 saturated heterocycles. The van der Waals surface area contributed by atoms with E-state index in [1.165, 1.54) is 4.31 Å². The number of ether oxygens (including phenoxy) is 1. The van der Waals surface area contributed by atoms with Gasteiger partial charge in [-0.05, 0) is 44.2 Å². The molecule has 0 fully saturated rings. The number of nitrogens with zero attached hydrogens (tertiary/aromatic N) is 2. The molecule has 0 amide bonds. The lowest BCUT2D eigenvalue weighted by Crippen LogP contribution is -2.32. The summed E-state index contributed by atoms with van der Waals surface area (Å²) < 4.78 is 32.7. The van der Waals surface area contributed by atoms with Crippen molar-refractivity contribution in [2.75, 3.05) is 10.1 Å². The zero-order valence-electron chi connectivity index (χ0n) is 15.7. The molecular weight excluding hydrogens is 396 g/mol. The fraction of sp³-hybridized carbons (Fsp3) is 0.190. The number of sulfonamides is 1. The maximum Gasteiger partial charge on any atom is 0.235 e. The maximum absolute atomic E-state index is 12.8. The lowest BCUT2D eigenvalue weighted by molar-refractivity contribution is 0.483. The average molecular weight is 417 g/mol. The molecule has 3 rings (SSSR count). The molecule has 0 bridgehead atoms. The smallest absolute Gasteiger partial charge is 0.235 e. The van der Waals surface area contributed by atoms with Crippen LogP contribution in [0.1, 0.15) is 18.2 Å². The first kappa shape index (κ1) is 20.2. The van der Waals surface area contributed by atoms with E-state index in [0.29, 0.717) is 27.9 Å². The summed E-state index contributed by atoms with van der Waals surface area (Å²) in [5.41, 5.74) is 1.92. The quantitative estimate of drug-likeness (QED) is 0.497. The molecule has 0 N–H and O–H groups in total. The summed E-state index contributed by atoms with van der Waals surface area (Å²) in [6, 6.07) is 19.9. The van der Waals surface area contributed by atoms with Crippen LogP contribution in [-0.4, -0.2) is 19.2 Å². The second-order valence-corrected chi connectivity index (χ2v) is 8.76. The molecule has 0 atom stereocenters. The molecular formula is C21H21ClN2O3S. The number of rotatable bonds is 7. The van der Waals surface area contributed by atoms with Crippen LogP contribution in [-0.2, 0) is 16.6 Å². The fourth-order valence-electron chi connectivity index (χ4n) is 2.66. The molecule has 2 aromatic carbocycles. The number of aromatic nitrogens is 1. The van der Waals surface area contributed by atoms with E-state index >= 15 is 0 Å². The summed E-state index contributed by atoms with van der Waals surface area (Å²) >= 11 is 6.24. The minimum Gasteiger partial charge on any atom is -0.457 e. The van der Waals surface area contributed by atoms with Gasteiger partial charge < -0.3 is 4.74 Å². The number of anilines is 1. The molecule has 1 aromatic heterocycles. The molecule has 1 heterocycles. The Morgan fingerprint density at radius 2 is 1.71 bits per heavy atom. The lowest BCUT2D eigenvalue weighted by atomic mass is 10.2. The molecule has 28 heavy (non-hydrogen) atoms. The van der Waals surface area contributed by atoms with E-state index in [4.69, 9.17) is 16.3 Å². The highest BCUT2D eigenvalue weighted by Gasteiger charge is 2.22. The number of hydrogen-bond donors (Lipinski definition) is 0. The van der Waals surface area contributed by atoms with Gasteiger partial charge >= 0.3 is 0 Å². The van der Waals surface area contributed by atoms with Crippen LogP contribution in [0.3, 0.4) is 0 Å². The van der Waals surface area contributed by atoms with Crippen molar-refractivity contribution in [2.45, 2.75) is 20.4 Å². The largest absolute Gasteiger partial charge is 0.457 e. The third-order valence-electron chi connectivity index (χ3n) is 4.16. The fourth-order valence-corrected chi connectivity index (χ4v) is 4.00. The Hall–Kier alpha value is -2.57. The van der Waals surface area contributed by atoms with Crippen LogP contribution in [0.15, 0.2) is 66.7 Å². The predicted molar refractivity (Wildman–Crippen MR) is 113 cm³/mol. The zero-order chi connectivity index (χ0) is 20.1. The van der Waals surface area contributed by atoms with Crippen molar-refractivity contribution in [2.24, 2.45) is 0 Å². The van der Waals surface area contributed by atoms with E-state index in [-0.39, 0.29) is 12.3 Å². The normalized spacial score (nSPS) is 11.2. The summed E-state index contributed by atoms with van der Waals surface area (Å²) in [6.07, 6.45) is 0. The minimum absolute atomic E-state index is 0.0340. The monoisotopic (exact) mass is 416 g/mol. The van der Waals surface area contributed by atoms with Gasteiger partial charge in [0.15, 0.2) is 0 Å². The molecule has 0 saturated carbocycles. The van der Waals surface area contributed by atoms with Crippen molar-refractivity contribution >= 4 is 27.3 Å². The van der Waals surface area contributed by atoms with Crippen molar-refractivity contribution in [1.82, 2.24) is 4.98 Å². The molecule has 7 heteroatoms. The molecule has 0 aliphatic carbocycles. The lowest BCUT2D eigenvalue weighted by Gasteiger charge is -2.24. The van der Waals surface area contributed by atoms with Gasteiger partial charge in [-0.3, -0.25) is 4.31 Å². The number of benzene rings is 2. The van der Waals surface area contributed by atoms with E-state index in [9.17, 15) is 8.42 Å². The van der Waals surface area contributed by atoms with Gasteiger partial charge in [-0.15, -0.1) is 0 Å². The number of aryl methyl sites for hydroxylation is 1. The van der Waals surface area contributed by atoms with Crippen LogP contribution < -0.4 is 9.04 Å². The minimum atomic E-state index is -3.54. The first-order chi connectivity index (χ1) is 13.4. The Labute approximate surface area is 170 Å².